The summed E-state index contributed by atoms with van der Waals surface area (Å²) in [5, 5.41) is 3.12. The Labute approximate surface area is 165 Å². The van der Waals surface area contributed by atoms with Gasteiger partial charge >= 0.3 is 0 Å². The van der Waals surface area contributed by atoms with Gasteiger partial charge in [-0.25, -0.2) is 18.7 Å². The second kappa shape index (κ2) is 7.67. The average Bonchev–Trinajstić information content (AvgIpc) is 3.10. The van der Waals surface area contributed by atoms with Crippen molar-refractivity contribution in [3.05, 3.63) is 83.8 Å². The van der Waals surface area contributed by atoms with Gasteiger partial charge in [0.05, 0.1) is 17.5 Å². The van der Waals surface area contributed by atoms with E-state index in [2.05, 4.69) is 15.3 Å². The van der Waals surface area contributed by atoms with Gasteiger partial charge in [0.15, 0.2) is 0 Å². The summed E-state index contributed by atoms with van der Waals surface area (Å²) in [5.74, 6) is -1.23. The molecule has 0 atom stereocenters. The van der Waals surface area contributed by atoms with E-state index < -0.39 is 17.5 Å². The summed E-state index contributed by atoms with van der Waals surface area (Å²) in [6.45, 7) is 0.161. The molecule has 0 bridgehead atoms. The summed E-state index contributed by atoms with van der Waals surface area (Å²) in [7, 11) is 0. The number of anilines is 1. The van der Waals surface area contributed by atoms with Gasteiger partial charge in [-0.3, -0.25) is 9.36 Å². The molecule has 0 saturated carbocycles. The monoisotopic (exact) mass is 393 g/mol. The predicted molar refractivity (Wildman–Crippen MR) is 105 cm³/mol. The highest BCUT2D eigenvalue weighted by atomic mass is 19.1. The number of nitrogens with zero attached hydrogens (tertiary/aromatic N) is 3. The first-order valence-corrected chi connectivity index (χ1v) is 8.88. The van der Waals surface area contributed by atoms with Crippen LogP contribution < -0.4 is 11.1 Å². The number of rotatable bonds is 6. The van der Waals surface area contributed by atoms with Crippen LogP contribution in [0.15, 0.2) is 61.1 Å². The van der Waals surface area contributed by atoms with Gasteiger partial charge in [0.25, 0.3) is 0 Å². The smallest absolute Gasteiger partial charge is 0.221 e. The molecule has 29 heavy (non-hydrogen) atoms. The van der Waals surface area contributed by atoms with E-state index in [1.165, 1.54) is 12.1 Å². The summed E-state index contributed by atoms with van der Waals surface area (Å²) in [4.78, 5) is 20.2. The van der Waals surface area contributed by atoms with Gasteiger partial charge in [0.1, 0.15) is 23.8 Å². The Hall–Kier alpha value is -3.81. The number of fused-ring (bicyclic) bond motifs is 1. The lowest BCUT2D eigenvalue weighted by molar-refractivity contribution is -0.117. The van der Waals surface area contributed by atoms with E-state index in [-0.39, 0.29) is 13.0 Å². The molecular weight excluding hydrogens is 376 g/mol. The number of aromatic nitrogens is 3. The zero-order valence-corrected chi connectivity index (χ0v) is 15.3. The molecule has 1 amide bonds. The molecule has 8 heteroatoms. The molecule has 2 heterocycles. The molecule has 0 aliphatic heterocycles. The van der Waals surface area contributed by atoms with Gasteiger partial charge in [-0.05, 0) is 29.8 Å². The van der Waals surface area contributed by atoms with Gasteiger partial charge in [-0.1, -0.05) is 12.1 Å². The van der Waals surface area contributed by atoms with Gasteiger partial charge in [-0.15, -0.1) is 0 Å². The first-order valence-electron chi connectivity index (χ1n) is 8.88. The number of hydrogen-bond donors (Lipinski definition) is 2. The Morgan fingerprint density at radius 2 is 1.83 bits per heavy atom. The van der Waals surface area contributed by atoms with Crippen LogP contribution in [0, 0.1) is 11.6 Å². The average molecular weight is 393 g/mol. The highest BCUT2D eigenvalue weighted by Gasteiger charge is 2.12. The van der Waals surface area contributed by atoms with Crippen LogP contribution >= 0.6 is 0 Å². The third-order valence-corrected chi connectivity index (χ3v) is 4.44. The largest absolute Gasteiger partial charge is 0.381 e. The zero-order chi connectivity index (χ0) is 20.4. The third kappa shape index (κ3) is 4.06. The number of para-hydroxylation sites is 2. The molecule has 3 N–H and O–H groups in total. The van der Waals surface area contributed by atoms with E-state index in [1.807, 2.05) is 28.8 Å². The highest BCUT2D eigenvalue weighted by Crippen LogP contribution is 2.23. The molecule has 146 valence electrons. The lowest BCUT2D eigenvalue weighted by atomic mass is 10.1. The zero-order valence-electron chi connectivity index (χ0n) is 15.3. The number of nitrogens with two attached hydrogens (primary N) is 1. The standard InChI is InChI=1S/C21H17F2N5O/c22-15-5-13(6-16(23)8-15)10-25-18-9-21(26-11-14(18)7-20(24)29)28-12-27-17-3-1-2-4-19(17)28/h1-6,8-9,11-12H,7,10H2,(H2,24,29)(H,25,26). The van der Waals surface area contributed by atoms with Crippen molar-refractivity contribution in [2.45, 2.75) is 13.0 Å². The van der Waals surface area contributed by atoms with Crippen molar-refractivity contribution < 1.29 is 13.6 Å². The molecule has 0 saturated heterocycles. The fourth-order valence-corrected chi connectivity index (χ4v) is 3.15. The molecule has 6 nitrogen and oxygen atoms in total. The Morgan fingerprint density at radius 3 is 2.59 bits per heavy atom. The molecule has 0 aliphatic carbocycles. The molecule has 0 unspecified atom stereocenters. The van der Waals surface area contributed by atoms with E-state index >= 15 is 0 Å². The second-order valence-corrected chi connectivity index (χ2v) is 6.58. The van der Waals surface area contributed by atoms with Gasteiger partial charge in [0.2, 0.25) is 5.91 Å². The van der Waals surface area contributed by atoms with Crippen molar-refractivity contribution in [3.8, 4) is 5.82 Å². The molecule has 0 spiro atoms. The van der Waals surface area contributed by atoms with Crippen LogP contribution in [0.2, 0.25) is 0 Å². The molecule has 2 aromatic carbocycles. The Morgan fingerprint density at radius 1 is 1.07 bits per heavy atom. The van der Waals surface area contributed by atoms with Crippen molar-refractivity contribution in [1.82, 2.24) is 14.5 Å². The lowest BCUT2D eigenvalue weighted by Gasteiger charge is -2.14. The van der Waals surface area contributed by atoms with Crippen molar-refractivity contribution >= 4 is 22.6 Å². The number of nitrogens with one attached hydrogen (secondary N) is 1. The summed E-state index contributed by atoms with van der Waals surface area (Å²) < 4.78 is 28.7. The molecule has 0 aliphatic rings. The number of hydrogen-bond acceptors (Lipinski definition) is 4. The summed E-state index contributed by atoms with van der Waals surface area (Å²) in [6.07, 6.45) is 3.20. The Bertz CT molecular complexity index is 1180. The van der Waals surface area contributed by atoms with Crippen LogP contribution in [0.5, 0.6) is 0 Å². The van der Waals surface area contributed by atoms with Crippen LogP contribution in [0.4, 0.5) is 14.5 Å². The van der Waals surface area contributed by atoms with E-state index in [4.69, 9.17) is 5.73 Å². The van der Waals surface area contributed by atoms with Gasteiger partial charge in [0, 0.05) is 36.1 Å². The maximum Gasteiger partial charge on any atom is 0.221 e. The van der Waals surface area contributed by atoms with Crippen molar-refractivity contribution in [1.29, 1.82) is 0 Å². The molecule has 4 rings (SSSR count). The fraction of sp³-hybridized carbons (Fsp3) is 0.0952. The van der Waals surface area contributed by atoms with E-state index in [9.17, 15) is 13.6 Å². The third-order valence-electron chi connectivity index (χ3n) is 4.44. The SMILES string of the molecule is NC(=O)Cc1cnc(-n2cnc3ccccc32)cc1NCc1cc(F)cc(F)c1. The number of carbonyl (C=O) groups is 1. The number of carbonyl (C=O) groups excluding carboxylic acids is 1. The maximum atomic E-state index is 13.5. The highest BCUT2D eigenvalue weighted by molar-refractivity contribution is 5.80. The minimum atomic E-state index is -0.653. The molecule has 0 radical (unpaired) electrons. The van der Waals surface area contributed by atoms with E-state index in [0.29, 0.717) is 22.6 Å². The second-order valence-electron chi connectivity index (χ2n) is 6.58. The predicted octanol–water partition coefficient (Wildman–Crippen LogP) is 3.34. The lowest BCUT2D eigenvalue weighted by Crippen LogP contribution is -2.16. The van der Waals surface area contributed by atoms with Crippen LogP contribution in [0.3, 0.4) is 0 Å². The number of amides is 1. The van der Waals surface area contributed by atoms with E-state index in [1.54, 1.807) is 18.6 Å². The molecule has 4 aromatic rings. The molecule has 0 fully saturated rings. The number of primary amides is 1. The van der Waals surface area contributed by atoms with Crippen LogP contribution in [-0.4, -0.2) is 20.4 Å². The minimum absolute atomic E-state index is 0.0161. The minimum Gasteiger partial charge on any atom is -0.381 e. The van der Waals surface area contributed by atoms with Gasteiger partial charge in [-0.2, -0.15) is 0 Å². The number of imidazole rings is 1. The summed E-state index contributed by atoms with van der Waals surface area (Å²) in [5.41, 5.74) is 8.64. The topological polar surface area (TPSA) is 85.8 Å². The summed E-state index contributed by atoms with van der Waals surface area (Å²) >= 11 is 0. The first-order chi connectivity index (χ1) is 14.0. The van der Waals surface area contributed by atoms with Crippen molar-refractivity contribution in [2.75, 3.05) is 5.32 Å². The fourth-order valence-electron chi connectivity index (χ4n) is 3.15. The first kappa shape index (κ1) is 18.5. The van der Waals surface area contributed by atoms with E-state index in [0.717, 1.165) is 17.1 Å². The Kier molecular flexibility index (Phi) is 4.90. The molecule has 2 aromatic heterocycles. The van der Waals surface area contributed by atoms with Crippen molar-refractivity contribution in [2.24, 2.45) is 5.73 Å². The van der Waals surface area contributed by atoms with Gasteiger partial charge < -0.3 is 11.1 Å². The maximum absolute atomic E-state index is 13.5. The number of halogens is 2. The molecular formula is C21H17F2N5O. The quantitative estimate of drug-likeness (QED) is 0.526. The Balaban J connectivity index is 1.69. The van der Waals surface area contributed by atoms with Crippen LogP contribution in [-0.2, 0) is 17.8 Å². The number of pyridine rings is 1. The van der Waals surface area contributed by atoms with Crippen molar-refractivity contribution in [3.63, 3.8) is 0 Å². The summed E-state index contributed by atoms with van der Waals surface area (Å²) in [6, 6.07) is 12.7. The van der Waals surface area contributed by atoms with Crippen LogP contribution in [0.1, 0.15) is 11.1 Å². The van der Waals surface area contributed by atoms with Crippen LogP contribution in [0.25, 0.3) is 16.9 Å². The normalized spacial score (nSPS) is 11.0. The number of benzene rings is 2.